The Morgan fingerprint density at radius 1 is 1.10 bits per heavy atom. The third-order valence-electron chi connectivity index (χ3n) is 3.30. The quantitative estimate of drug-likeness (QED) is 0.860. The first-order valence-corrected chi connectivity index (χ1v) is 6.61. The fourth-order valence-corrected chi connectivity index (χ4v) is 2.02. The van der Waals surface area contributed by atoms with Gasteiger partial charge >= 0.3 is 0 Å². The Labute approximate surface area is 119 Å². The van der Waals surface area contributed by atoms with E-state index >= 15 is 0 Å². The molecule has 1 heterocycles. The fraction of sp³-hybridized carbons (Fsp3) is 0.375. The first kappa shape index (κ1) is 14.4. The van der Waals surface area contributed by atoms with Crippen LogP contribution < -0.4 is 5.73 Å². The van der Waals surface area contributed by atoms with Gasteiger partial charge < -0.3 is 5.73 Å². The molecule has 0 amide bonds. The minimum atomic E-state index is -0.248. The van der Waals surface area contributed by atoms with Gasteiger partial charge in [-0.25, -0.2) is 14.4 Å². The highest BCUT2D eigenvalue weighted by Crippen LogP contribution is 2.30. The summed E-state index contributed by atoms with van der Waals surface area (Å²) in [6.07, 6.45) is 0. The molecule has 0 aliphatic rings. The highest BCUT2D eigenvalue weighted by molar-refractivity contribution is 5.70. The van der Waals surface area contributed by atoms with Crippen LogP contribution in [0, 0.1) is 19.7 Å². The van der Waals surface area contributed by atoms with E-state index in [1.54, 1.807) is 6.07 Å². The molecule has 0 saturated heterocycles. The summed E-state index contributed by atoms with van der Waals surface area (Å²) in [6.45, 7) is 9.88. The number of hydrogen-bond acceptors (Lipinski definition) is 3. The average molecular weight is 273 g/mol. The Hall–Kier alpha value is -1.97. The van der Waals surface area contributed by atoms with Gasteiger partial charge in [0.1, 0.15) is 17.5 Å². The van der Waals surface area contributed by atoms with Gasteiger partial charge in [0.05, 0.1) is 5.69 Å². The third-order valence-corrected chi connectivity index (χ3v) is 3.30. The number of nitrogen functional groups attached to an aromatic ring is 1. The molecule has 0 spiro atoms. The van der Waals surface area contributed by atoms with Crippen molar-refractivity contribution in [1.82, 2.24) is 9.97 Å². The van der Waals surface area contributed by atoms with E-state index in [4.69, 9.17) is 5.73 Å². The summed E-state index contributed by atoms with van der Waals surface area (Å²) in [4.78, 5) is 9.02. The molecule has 0 atom stereocenters. The van der Waals surface area contributed by atoms with E-state index < -0.39 is 0 Å². The molecular formula is C16H20FN3. The molecule has 20 heavy (non-hydrogen) atoms. The second-order valence-corrected chi connectivity index (χ2v) is 6.12. The number of aromatic nitrogens is 2. The van der Waals surface area contributed by atoms with Crippen LogP contribution in [-0.4, -0.2) is 9.97 Å². The lowest BCUT2D eigenvalue weighted by atomic mass is 9.94. The van der Waals surface area contributed by atoms with Crippen LogP contribution in [0.25, 0.3) is 11.3 Å². The molecule has 1 aromatic heterocycles. The first-order chi connectivity index (χ1) is 9.20. The van der Waals surface area contributed by atoms with E-state index in [0.29, 0.717) is 11.6 Å². The lowest BCUT2D eigenvalue weighted by Gasteiger charge is -2.20. The number of rotatable bonds is 1. The fourth-order valence-electron chi connectivity index (χ4n) is 2.02. The van der Waals surface area contributed by atoms with E-state index in [1.807, 2.05) is 34.6 Å². The summed E-state index contributed by atoms with van der Waals surface area (Å²) >= 11 is 0. The summed E-state index contributed by atoms with van der Waals surface area (Å²) in [7, 11) is 0. The van der Waals surface area contributed by atoms with E-state index in [0.717, 1.165) is 22.4 Å². The summed E-state index contributed by atoms with van der Waals surface area (Å²) in [5.41, 5.74) is 9.16. The van der Waals surface area contributed by atoms with Crippen molar-refractivity contribution < 1.29 is 4.39 Å². The standard InChI is InChI=1S/C16H20FN3/c1-9-8-11(17)6-7-12(9)13-10(2)14(18)20-15(19-13)16(3,4)5/h6-8H,1-5H3,(H2,18,19,20). The highest BCUT2D eigenvalue weighted by atomic mass is 19.1. The van der Waals surface area contributed by atoms with Crippen LogP contribution >= 0.6 is 0 Å². The van der Waals surface area contributed by atoms with Crippen molar-refractivity contribution in [2.75, 3.05) is 5.73 Å². The van der Waals surface area contributed by atoms with Gasteiger partial charge in [-0.15, -0.1) is 0 Å². The molecule has 2 N–H and O–H groups in total. The summed E-state index contributed by atoms with van der Waals surface area (Å²) < 4.78 is 13.3. The monoisotopic (exact) mass is 273 g/mol. The van der Waals surface area contributed by atoms with Crippen molar-refractivity contribution in [3.05, 3.63) is 41.0 Å². The van der Waals surface area contributed by atoms with Gasteiger partial charge in [0, 0.05) is 16.5 Å². The van der Waals surface area contributed by atoms with E-state index in [9.17, 15) is 4.39 Å². The predicted octanol–water partition coefficient (Wildman–Crippen LogP) is 3.78. The summed E-state index contributed by atoms with van der Waals surface area (Å²) in [5.74, 6) is 0.921. The molecule has 1 aromatic carbocycles. The Kier molecular flexibility index (Phi) is 3.50. The lowest BCUT2D eigenvalue weighted by molar-refractivity contribution is 0.546. The average Bonchev–Trinajstić information content (AvgIpc) is 2.32. The van der Waals surface area contributed by atoms with Gasteiger partial charge in [-0.3, -0.25) is 0 Å². The van der Waals surface area contributed by atoms with Crippen molar-refractivity contribution in [1.29, 1.82) is 0 Å². The zero-order valence-electron chi connectivity index (χ0n) is 12.6. The largest absolute Gasteiger partial charge is 0.383 e. The maximum atomic E-state index is 13.3. The Morgan fingerprint density at radius 2 is 1.75 bits per heavy atom. The zero-order valence-corrected chi connectivity index (χ0v) is 12.6. The minimum Gasteiger partial charge on any atom is -0.383 e. The van der Waals surface area contributed by atoms with Gasteiger partial charge in [0.15, 0.2) is 0 Å². The maximum Gasteiger partial charge on any atom is 0.136 e. The van der Waals surface area contributed by atoms with E-state index in [1.165, 1.54) is 12.1 Å². The molecule has 0 bridgehead atoms. The number of aryl methyl sites for hydroxylation is 1. The number of anilines is 1. The van der Waals surface area contributed by atoms with Crippen molar-refractivity contribution in [3.63, 3.8) is 0 Å². The molecule has 3 nitrogen and oxygen atoms in total. The molecule has 0 aliphatic heterocycles. The molecular weight excluding hydrogens is 253 g/mol. The van der Waals surface area contributed by atoms with Gasteiger partial charge in [0.25, 0.3) is 0 Å². The normalized spacial score (nSPS) is 11.7. The van der Waals surface area contributed by atoms with Gasteiger partial charge in [-0.05, 0) is 37.6 Å². The highest BCUT2D eigenvalue weighted by Gasteiger charge is 2.21. The van der Waals surface area contributed by atoms with Crippen molar-refractivity contribution >= 4 is 5.82 Å². The summed E-state index contributed by atoms with van der Waals surface area (Å²) in [5, 5.41) is 0. The van der Waals surface area contributed by atoms with E-state index in [2.05, 4.69) is 9.97 Å². The smallest absolute Gasteiger partial charge is 0.136 e. The minimum absolute atomic E-state index is 0.190. The lowest BCUT2D eigenvalue weighted by Crippen LogP contribution is -2.18. The number of halogens is 1. The van der Waals surface area contributed by atoms with Crippen LogP contribution in [-0.2, 0) is 5.41 Å². The Morgan fingerprint density at radius 3 is 2.30 bits per heavy atom. The number of nitrogens with zero attached hydrogens (tertiary/aromatic N) is 2. The molecule has 2 aromatic rings. The molecule has 106 valence electrons. The van der Waals surface area contributed by atoms with Crippen LogP contribution in [0.1, 0.15) is 37.7 Å². The van der Waals surface area contributed by atoms with Crippen molar-refractivity contribution in [2.24, 2.45) is 0 Å². The van der Waals surface area contributed by atoms with Crippen molar-refractivity contribution in [3.8, 4) is 11.3 Å². The molecule has 0 saturated carbocycles. The van der Waals surface area contributed by atoms with Gasteiger partial charge in [-0.2, -0.15) is 0 Å². The molecule has 4 heteroatoms. The maximum absolute atomic E-state index is 13.3. The SMILES string of the molecule is Cc1cc(F)ccc1-c1nc(C(C)(C)C)nc(N)c1C. The van der Waals surface area contributed by atoms with Gasteiger partial charge in [-0.1, -0.05) is 20.8 Å². The Balaban J connectivity index is 2.70. The first-order valence-electron chi connectivity index (χ1n) is 6.61. The Bertz CT molecular complexity index is 658. The van der Waals surface area contributed by atoms with Crippen LogP contribution in [0.3, 0.4) is 0 Å². The number of hydrogen-bond donors (Lipinski definition) is 1. The van der Waals surface area contributed by atoms with E-state index in [-0.39, 0.29) is 11.2 Å². The number of nitrogens with two attached hydrogens (primary N) is 1. The molecule has 0 radical (unpaired) electrons. The van der Waals surface area contributed by atoms with Crippen LogP contribution in [0.5, 0.6) is 0 Å². The van der Waals surface area contributed by atoms with Crippen LogP contribution in [0.15, 0.2) is 18.2 Å². The molecule has 0 unspecified atom stereocenters. The van der Waals surface area contributed by atoms with Crippen LogP contribution in [0.4, 0.5) is 10.2 Å². The second kappa shape index (κ2) is 4.85. The predicted molar refractivity (Wildman–Crippen MR) is 80.0 cm³/mol. The molecule has 0 aliphatic carbocycles. The topological polar surface area (TPSA) is 51.8 Å². The second-order valence-electron chi connectivity index (χ2n) is 6.12. The number of benzene rings is 1. The zero-order chi connectivity index (χ0) is 15.1. The van der Waals surface area contributed by atoms with Crippen LogP contribution in [0.2, 0.25) is 0 Å². The van der Waals surface area contributed by atoms with Gasteiger partial charge in [0.2, 0.25) is 0 Å². The molecule has 0 fully saturated rings. The van der Waals surface area contributed by atoms with Crippen molar-refractivity contribution in [2.45, 2.75) is 40.0 Å². The molecule has 2 rings (SSSR count). The third kappa shape index (κ3) is 2.64. The summed E-state index contributed by atoms with van der Waals surface area (Å²) in [6, 6.07) is 4.69.